The van der Waals surface area contributed by atoms with Crippen LogP contribution in [-0.2, 0) is 13.0 Å². The van der Waals surface area contributed by atoms with Gasteiger partial charge in [-0.1, -0.05) is 61.5 Å². The number of nitrogens with one attached hydrogen (secondary N) is 1. The third-order valence-corrected chi connectivity index (χ3v) is 5.00. The maximum atomic E-state index is 12.1. The molecule has 8 heteroatoms. The fourth-order valence-electron chi connectivity index (χ4n) is 3.36. The Morgan fingerprint density at radius 2 is 1.90 bits per heavy atom. The van der Waals surface area contributed by atoms with E-state index in [1.54, 1.807) is 0 Å². The second-order valence-electron chi connectivity index (χ2n) is 7.09. The third-order valence-electron chi connectivity index (χ3n) is 5.00. The fraction of sp³-hybridized carbons (Fsp3) is 0.217. The Morgan fingerprint density at radius 3 is 2.58 bits per heavy atom. The summed E-state index contributed by atoms with van der Waals surface area (Å²) in [5.41, 5.74) is 4.06. The highest BCUT2D eigenvalue weighted by atomic mass is 16.1. The fourth-order valence-corrected chi connectivity index (χ4v) is 3.36. The topological polar surface area (TPSA) is 102 Å². The van der Waals surface area contributed by atoms with Gasteiger partial charge in [0.15, 0.2) is 0 Å². The molecule has 0 bridgehead atoms. The first-order chi connectivity index (χ1) is 15.2. The van der Waals surface area contributed by atoms with Crippen molar-refractivity contribution in [3.05, 3.63) is 78.4 Å². The van der Waals surface area contributed by atoms with E-state index in [2.05, 4.69) is 61.6 Å². The molecule has 0 fully saturated rings. The maximum absolute atomic E-state index is 12.1. The Labute approximate surface area is 180 Å². The standard InChI is InChI=1S/C23H23N7O/c1-3-5-10-21-24-23(20(31)4-2)27-30(21)15-16-11-13-17(14-12-16)18-8-6-7-9-19(18)22-25-28-29-26-22/h3,6-9,11-14H,1,4-5,10,15H2,2H3,(H,25,26,28,29). The van der Waals surface area contributed by atoms with Gasteiger partial charge in [0.05, 0.1) is 6.54 Å². The SMILES string of the molecule is C=CCCc1nc(C(=O)CC)nn1Cc1ccc(-c2ccccc2-c2nn[nH]n2)cc1. The number of rotatable bonds is 9. The molecule has 2 heterocycles. The van der Waals surface area contributed by atoms with Gasteiger partial charge in [-0.25, -0.2) is 9.67 Å². The predicted molar refractivity (Wildman–Crippen MR) is 117 cm³/mol. The van der Waals surface area contributed by atoms with Gasteiger partial charge < -0.3 is 0 Å². The van der Waals surface area contributed by atoms with E-state index in [0.717, 1.165) is 34.5 Å². The van der Waals surface area contributed by atoms with Crippen LogP contribution in [0, 0.1) is 0 Å². The van der Waals surface area contributed by atoms with Gasteiger partial charge in [-0.15, -0.1) is 21.9 Å². The second kappa shape index (κ2) is 9.25. The first kappa shape index (κ1) is 20.3. The van der Waals surface area contributed by atoms with Gasteiger partial charge in [-0.2, -0.15) is 5.21 Å². The van der Waals surface area contributed by atoms with Crippen LogP contribution in [0.25, 0.3) is 22.5 Å². The molecule has 0 amide bonds. The summed E-state index contributed by atoms with van der Waals surface area (Å²) >= 11 is 0. The summed E-state index contributed by atoms with van der Waals surface area (Å²) in [6.45, 7) is 6.13. The molecule has 31 heavy (non-hydrogen) atoms. The Kier molecular flexibility index (Phi) is 6.07. The van der Waals surface area contributed by atoms with Crippen LogP contribution in [0.15, 0.2) is 61.2 Å². The lowest BCUT2D eigenvalue weighted by Gasteiger charge is -2.09. The number of aryl methyl sites for hydroxylation is 1. The lowest BCUT2D eigenvalue weighted by atomic mass is 9.98. The van der Waals surface area contributed by atoms with Gasteiger partial charge in [0, 0.05) is 18.4 Å². The molecule has 0 saturated carbocycles. The van der Waals surface area contributed by atoms with Crippen molar-refractivity contribution in [2.24, 2.45) is 0 Å². The normalized spacial score (nSPS) is 10.9. The number of aromatic amines is 1. The van der Waals surface area contributed by atoms with Crippen LogP contribution in [-0.4, -0.2) is 41.2 Å². The lowest BCUT2D eigenvalue weighted by molar-refractivity contribution is 0.0978. The minimum atomic E-state index is -0.0491. The Balaban J connectivity index is 1.60. The van der Waals surface area contributed by atoms with E-state index >= 15 is 0 Å². The molecule has 2 aromatic heterocycles. The summed E-state index contributed by atoms with van der Waals surface area (Å²) in [6.07, 6.45) is 3.71. The number of Topliss-reactive ketones (excluding diaryl/α,β-unsaturated/α-hetero) is 1. The molecule has 0 aliphatic heterocycles. The van der Waals surface area contributed by atoms with E-state index in [4.69, 9.17) is 0 Å². The van der Waals surface area contributed by atoms with Crippen molar-refractivity contribution < 1.29 is 4.79 Å². The highest BCUT2D eigenvalue weighted by Crippen LogP contribution is 2.29. The van der Waals surface area contributed by atoms with Crippen molar-refractivity contribution in [1.29, 1.82) is 0 Å². The van der Waals surface area contributed by atoms with Crippen molar-refractivity contribution in [3.8, 4) is 22.5 Å². The first-order valence-corrected chi connectivity index (χ1v) is 10.2. The van der Waals surface area contributed by atoms with E-state index in [9.17, 15) is 4.79 Å². The quantitative estimate of drug-likeness (QED) is 0.330. The summed E-state index contributed by atoms with van der Waals surface area (Å²) in [5, 5.41) is 18.8. The van der Waals surface area contributed by atoms with Gasteiger partial charge in [0.25, 0.3) is 0 Å². The van der Waals surface area contributed by atoms with Gasteiger partial charge >= 0.3 is 0 Å². The Morgan fingerprint density at radius 1 is 1.13 bits per heavy atom. The number of carbonyl (C=O) groups excluding carboxylic acids is 1. The molecule has 0 atom stereocenters. The number of hydrogen-bond acceptors (Lipinski definition) is 6. The van der Waals surface area contributed by atoms with Crippen molar-refractivity contribution in [3.63, 3.8) is 0 Å². The molecule has 8 nitrogen and oxygen atoms in total. The number of carbonyl (C=O) groups is 1. The van der Waals surface area contributed by atoms with Gasteiger partial charge in [0.2, 0.25) is 17.4 Å². The van der Waals surface area contributed by atoms with E-state index in [1.807, 2.05) is 41.9 Å². The summed E-state index contributed by atoms with van der Waals surface area (Å²) in [4.78, 5) is 16.5. The molecule has 4 aromatic rings. The molecule has 0 aliphatic carbocycles. The number of tetrazole rings is 1. The highest BCUT2D eigenvalue weighted by molar-refractivity contribution is 5.92. The van der Waals surface area contributed by atoms with Gasteiger partial charge in [-0.3, -0.25) is 4.79 Å². The van der Waals surface area contributed by atoms with Crippen LogP contribution in [0.5, 0.6) is 0 Å². The maximum Gasteiger partial charge on any atom is 0.217 e. The average Bonchev–Trinajstić information content (AvgIpc) is 3.48. The number of hydrogen-bond donors (Lipinski definition) is 1. The number of benzene rings is 2. The third kappa shape index (κ3) is 4.48. The zero-order valence-electron chi connectivity index (χ0n) is 17.3. The molecule has 0 saturated heterocycles. The summed E-state index contributed by atoms with van der Waals surface area (Å²) in [7, 11) is 0. The molecule has 156 valence electrons. The molecular formula is C23H23N7O. The zero-order valence-corrected chi connectivity index (χ0v) is 17.3. The second-order valence-corrected chi connectivity index (χ2v) is 7.09. The van der Waals surface area contributed by atoms with Crippen LogP contribution in [0.2, 0.25) is 0 Å². The Hall–Kier alpha value is -3.94. The van der Waals surface area contributed by atoms with Gasteiger partial charge in [0.1, 0.15) is 5.82 Å². The average molecular weight is 413 g/mol. The van der Waals surface area contributed by atoms with Crippen LogP contribution in [0.4, 0.5) is 0 Å². The molecule has 4 rings (SSSR count). The predicted octanol–water partition coefficient (Wildman–Crippen LogP) is 3.88. The molecule has 1 N–H and O–H groups in total. The molecule has 0 unspecified atom stereocenters. The van der Waals surface area contributed by atoms with Crippen LogP contribution >= 0.6 is 0 Å². The van der Waals surface area contributed by atoms with Gasteiger partial charge in [-0.05, 0) is 28.3 Å². The summed E-state index contributed by atoms with van der Waals surface area (Å²) < 4.78 is 1.81. The minimum Gasteiger partial charge on any atom is -0.291 e. The number of ketones is 1. The Bertz CT molecular complexity index is 1180. The van der Waals surface area contributed by atoms with Crippen LogP contribution in [0.1, 0.15) is 41.8 Å². The van der Waals surface area contributed by atoms with E-state index in [-0.39, 0.29) is 11.6 Å². The summed E-state index contributed by atoms with van der Waals surface area (Å²) in [6, 6.07) is 16.2. The molecule has 0 spiro atoms. The molecule has 0 radical (unpaired) electrons. The minimum absolute atomic E-state index is 0.0491. The van der Waals surface area contributed by atoms with Crippen molar-refractivity contribution >= 4 is 5.78 Å². The van der Waals surface area contributed by atoms with E-state index < -0.39 is 0 Å². The number of H-pyrrole nitrogens is 1. The van der Waals surface area contributed by atoms with E-state index in [0.29, 0.717) is 25.2 Å². The number of aromatic nitrogens is 7. The highest BCUT2D eigenvalue weighted by Gasteiger charge is 2.15. The van der Waals surface area contributed by atoms with Crippen molar-refractivity contribution in [2.45, 2.75) is 32.7 Å². The zero-order chi connectivity index (χ0) is 21.6. The van der Waals surface area contributed by atoms with Crippen LogP contribution in [0.3, 0.4) is 0 Å². The smallest absolute Gasteiger partial charge is 0.217 e. The largest absolute Gasteiger partial charge is 0.291 e. The molecule has 0 aliphatic rings. The van der Waals surface area contributed by atoms with Crippen LogP contribution < -0.4 is 0 Å². The van der Waals surface area contributed by atoms with Crippen molar-refractivity contribution in [2.75, 3.05) is 0 Å². The van der Waals surface area contributed by atoms with Crippen molar-refractivity contribution in [1.82, 2.24) is 35.4 Å². The number of allylic oxidation sites excluding steroid dienone is 1. The monoisotopic (exact) mass is 413 g/mol. The summed E-state index contributed by atoms with van der Waals surface area (Å²) in [5.74, 6) is 1.59. The lowest BCUT2D eigenvalue weighted by Crippen LogP contribution is -2.07. The molecule has 2 aromatic carbocycles. The molecular weight excluding hydrogens is 390 g/mol. The first-order valence-electron chi connectivity index (χ1n) is 10.2. The number of nitrogens with zero attached hydrogens (tertiary/aromatic N) is 6. The van der Waals surface area contributed by atoms with E-state index in [1.165, 1.54) is 0 Å².